The molecule has 1 N–H and O–H groups in total. The molecule has 0 saturated heterocycles. The fourth-order valence-electron chi connectivity index (χ4n) is 3.43. The van der Waals surface area contributed by atoms with Crippen LogP contribution in [0, 0.1) is 5.82 Å². The summed E-state index contributed by atoms with van der Waals surface area (Å²) < 4.78 is 40.3. The lowest BCUT2D eigenvalue weighted by Crippen LogP contribution is -2.22. The van der Waals surface area contributed by atoms with Crippen LogP contribution in [0.25, 0.3) is 0 Å². The molecule has 1 aromatic heterocycles. The minimum Gasteiger partial charge on any atom is -0.411 e. The van der Waals surface area contributed by atoms with Crippen LogP contribution in [0.1, 0.15) is 29.5 Å². The molecule has 1 unspecified atom stereocenters. The van der Waals surface area contributed by atoms with Crippen LogP contribution in [0.2, 0.25) is 5.02 Å². The van der Waals surface area contributed by atoms with Crippen molar-refractivity contribution < 1.29 is 18.0 Å². The van der Waals surface area contributed by atoms with Crippen LogP contribution in [0.4, 0.5) is 4.39 Å². The third-order valence-corrected chi connectivity index (χ3v) is 7.27. The minimum absolute atomic E-state index is 0.0346. The maximum atomic E-state index is 14.6. The first-order chi connectivity index (χ1) is 15.2. The van der Waals surface area contributed by atoms with Gasteiger partial charge in [0, 0.05) is 35.8 Å². The summed E-state index contributed by atoms with van der Waals surface area (Å²) in [6.07, 6.45) is 1.64. The van der Waals surface area contributed by atoms with Crippen molar-refractivity contribution in [2.45, 2.75) is 24.2 Å². The molecule has 0 amide bonds. The van der Waals surface area contributed by atoms with Crippen molar-refractivity contribution in [3.8, 4) is 0 Å². The zero-order chi connectivity index (χ0) is 23.5. The van der Waals surface area contributed by atoms with Crippen LogP contribution < -0.4 is 5.56 Å². The lowest BCUT2D eigenvalue weighted by atomic mass is 9.85. The number of sulfone groups is 1. The fourth-order valence-corrected chi connectivity index (χ4v) is 4.47. The summed E-state index contributed by atoms with van der Waals surface area (Å²) in [5, 5.41) is 13.6. The molecule has 1 atom stereocenters. The smallest absolute Gasteiger partial charge is 0.250 e. The molecule has 0 bridgehead atoms. The Morgan fingerprint density at radius 3 is 2.41 bits per heavy atom. The van der Waals surface area contributed by atoms with Gasteiger partial charge in [-0.15, -0.1) is 0 Å². The van der Waals surface area contributed by atoms with Crippen molar-refractivity contribution in [1.82, 2.24) is 4.57 Å². The molecule has 168 valence electrons. The van der Waals surface area contributed by atoms with E-state index in [0.29, 0.717) is 16.7 Å². The van der Waals surface area contributed by atoms with Gasteiger partial charge in [-0.25, -0.2) is 12.8 Å². The third-order valence-electron chi connectivity index (χ3n) is 5.28. The summed E-state index contributed by atoms with van der Waals surface area (Å²) in [4.78, 5) is 12.0. The van der Waals surface area contributed by atoms with E-state index in [9.17, 15) is 22.8 Å². The molecule has 32 heavy (non-hydrogen) atoms. The summed E-state index contributed by atoms with van der Waals surface area (Å²) >= 11 is 5.87. The first-order valence-electron chi connectivity index (χ1n) is 9.82. The van der Waals surface area contributed by atoms with Gasteiger partial charge in [0.2, 0.25) is 5.56 Å². The van der Waals surface area contributed by atoms with Crippen molar-refractivity contribution in [3.63, 3.8) is 0 Å². The van der Waals surface area contributed by atoms with E-state index in [1.54, 1.807) is 38.2 Å². The molecule has 9 heteroatoms. The molecule has 6 nitrogen and oxygen atoms in total. The number of oxime groups is 1. The average molecular weight is 477 g/mol. The van der Waals surface area contributed by atoms with Gasteiger partial charge in [-0.3, -0.25) is 4.79 Å². The first-order valence-corrected chi connectivity index (χ1v) is 11.8. The Morgan fingerprint density at radius 1 is 1.16 bits per heavy atom. The van der Waals surface area contributed by atoms with Crippen LogP contribution in [-0.2, 0) is 23.3 Å². The molecular formula is C23H22ClFN2O4S. The maximum absolute atomic E-state index is 14.6. The van der Waals surface area contributed by atoms with Crippen molar-refractivity contribution in [1.29, 1.82) is 0 Å². The first kappa shape index (κ1) is 23.7. The third kappa shape index (κ3) is 5.08. The molecule has 0 fully saturated rings. The van der Waals surface area contributed by atoms with Crippen LogP contribution >= 0.6 is 11.6 Å². The van der Waals surface area contributed by atoms with Gasteiger partial charge >= 0.3 is 0 Å². The van der Waals surface area contributed by atoms with Gasteiger partial charge in [0.15, 0.2) is 9.84 Å². The van der Waals surface area contributed by atoms with E-state index in [1.165, 1.54) is 41.1 Å². The molecular weight excluding hydrogens is 455 g/mol. The van der Waals surface area contributed by atoms with E-state index in [4.69, 9.17) is 11.6 Å². The molecule has 0 aliphatic carbocycles. The normalized spacial score (nSPS) is 13.2. The fraction of sp³-hybridized carbons (Fsp3) is 0.217. The highest BCUT2D eigenvalue weighted by atomic mass is 35.5. The number of hydrogen-bond donors (Lipinski definition) is 1. The maximum Gasteiger partial charge on any atom is 0.250 e. The second-order valence-corrected chi connectivity index (χ2v) is 10.0. The zero-order valence-electron chi connectivity index (χ0n) is 17.5. The number of aromatic nitrogens is 1. The summed E-state index contributed by atoms with van der Waals surface area (Å²) in [6, 6.07) is 13.4. The standard InChI is InChI=1S/C23H22ClFN2O4S/c1-3-32(30,31)19-9-5-15(6-10-19)20(12-16-4-8-18(24)13-21(16)25)23(26-29)17-7-11-22(28)27(2)14-17/h4-11,13-14,20,29H,3,12H2,1-2H3. The number of rotatable bonds is 7. The molecule has 1 heterocycles. The van der Waals surface area contributed by atoms with Gasteiger partial charge in [-0.05, 0) is 47.9 Å². The van der Waals surface area contributed by atoms with Gasteiger partial charge in [0.05, 0.1) is 16.4 Å². The quantitative estimate of drug-likeness (QED) is 0.315. The molecule has 0 aliphatic rings. The predicted molar refractivity (Wildman–Crippen MR) is 122 cm³/mol. The van der Waals surface area contributed by atoms with Gasteiger partial charge in [0.25, 0.3) is 0 Å². The van der Waals surface area contributed by atoms with E-state index in [0.717, 1.165) is 0 Å². The molecule has 0 saturated carbocycles. The van der Waals surface area contributed by atoms with Crippen molar-refractivity contribution >= 4 is 27.1 Å². The summed E-state index contributed by atoms with van der Waals surface area (Å²) in [5.41, 5.74) is 1.41. The molecule has 0 aliphatic heterocycles. The van der Waals surface area contributed by atoms with E-state index >= 15 is 0 Å². The number of hydrogen-bond acceptors (Lipinski definition) is 5. The van der Waals surface area contributed by atoms with E-state index in [-0.39, 0.29) is 33.4 Å². The number of nitrogens with zero attached hydrogens (tertiary/aromatic N) is 2. The summed E-state index contributed by atoms with van der Waals surface area (Å²) in [7, 11) is -1.82. The molecule has 0 spiro atoms. The highest BCUT2D eigenvalue weighted by molar-refractivity contribution is 7.91. The van der Waals surface area contributed by atoms with Crippen molar-refractivity contribution in [2.75, 3.05) is 5.75 Å². The largest absolute Gasteiger partial charge is 0.411 e. The van der Waals surface area contributed by atoms with Gasteiger partial charge in [-0.1, -0.05) is 41.9 Å². The Hall–Kier alpha value is -2.97. The van der Waals surface area contributed by atoms with E-state index in [2.05, 4.69) is 5.16 Å². The van der Waals surface area contributed by atoms with E-state index < -0.39 is 21.6 Å². The summed E-state index contributed by atoms with van der Waals surface area (Å²) in [6.45, 7) is 1.56. The minimum atomic E-state index is -3.39. The van der Waals surface area contributed by atoms with Crippen LogP contribution in [0.5, 0.6) is 0 Å². The molecule has 0 radical (unpaired) electrons. The van der Waals surface area contributed by atoms with Crippen molar-refractivity contribution in [2.24, 2.45) is 12.2 Å². The molecule has 3 aromatic rings. The Labute approximate surface area is 190 Å². The van der Waals surface area contributed by atoms with Gasteiger partial charge < -0.3 is 9.77 Å². The number of aryl methyl sites for hydroxylation is 1. The Kier molecular flexibility index (Phi) is 7.16. The Balaban J connectivity index is 2.12. The Bertz CT molecular complexity index is 1320. The number of benzene rings is 2. The second-order valence-electron chi connectivity index (χ2n) is 7.32. The number of halogens is 2. The lowest BCUT2D eigenvalue weighted by Gasteiger charge is -2.20. The lowest BCUT2D eigenvalue weighted by molar-refractivity contribution is 0.317. The average Bonchev–Trinajstić information content (AvgIpc) is 2.77. The summed E-state index contributed by atoms with van der Waals surface area (Å²) in [5.74, 6) is -1.18. The van der Waals surface area contributed by atoms with Crippen LogP contribution in [0.15, 0.2) is 75.6 Å². The molecule has 2 aromatic carbocycles. The predicted octanol–water partition coefficient (Wildman–Crippen LogP) is 4.18. The Morgan fingerprint density at radius 2 is 1.84 bits per heavy atom. The highest BCUT2D eigenvalue weighted by Gasteiger charge is 2.24. The number of pyridine rings is 1. The molecule has 3 rings (SSSR count). The topological polar surface area (TPSA) is 88.7 Å². The monoisotopic (exact) mass is 476 g/mol. The van der Waals surface area contributed by atoms with Gasteiger partial charge in [0.1, 0.15) is 5.82 Å². The van der Waals surface area contributed by atoms with E-state index in [1.807, 2.05) is 0 Å². The SMILES string of the molecule is CCS(=O)(=O)c1ccc(C(Cc2ccc(Cl)cc2F)C(=NO)c2ccc(=O)n(C)c2)cc1. The van der Waals surface area contributed by atoms with Crippen LogP contribution in [0.3, 0.4) is 0 Å². The van der Waals surface area contributed by atoms with Crippen LogP contribution in [-0.4, -0.2) is 29.7 Å². The van der Waals surface area contributed by atoms with Crippen molar-refractivity contribution in [3.05, 3.63) is 98.7 Å². The zero-order valence-corrected chi connectivity index (χ0v) is 19.1. The highest BCUT2D eigenvalue weighted by Crippen LogP contribution is 2.29. The second kappa shape index (κ2) is 9.67. The van der Waals surface area contributed by atoms with Gasteiger partial charge in [-0.2, -0.15) is 0 Å².